The third-order valence-electron chi connectivity index (χ3n) is 2.77. The molecular weight excluding hydrogens is 264 g/mol. The van der Waals surface area contributed by atoms with Crippen LogP contribution in [0, 0.1) is 0 Å². The Balaban J connectivity index is 4.77. The summed E-state index contributed by atoms with van der Waals surface area (Å²) < 4.78 is 9.48. The summed E-state index contributed by atoms with van der Waals surface area (Å²) >= 11 is 0. The van der Waals surface area contributed by atoms with Crippen molar-refractivity contribution < 1.29 is 29.3 Å². The Morgan fingerprint density at radius 1 is 1.15 bits per heavy atom. The van der Waals surface area contributed by atoms with Gasteiger partial charge in [-0.05, 0) is 47.0 Å². The normalized spacial score (nSPS) is 14.8. The van der Waals surface area contributed by atoms with Crippen molar-refractivity contribution in [2.75, 3.05) is 7.11 Å². The van der Waals surface area contributed by atoms with E-state index in [2.05, 4.69) is 4.74 Å². The first-order valence-electron chi connectivity index (χ1n) is 6.73. The van der Waals surface area contributed by atoms with E-state index in [1.807, 2.05) is 0 Å². The highest BCUT2D eigenvalue weighted by Crippen LogP contribution is 2.24. The van der Waals surface area contributed by atoms with E-state index in [1.165, 1.54) is 7.11 Å². The van der Waals surface area contributed by atoms with Crippen LogP contribution in [0.2, 0.25) is 0 Å². The molecule has 1 unspecified atom stereocenters. The van der Waals surface area contributed by atoms with E-state index in [0.29, 0.717) is 12.8 Å². The second-order valence-corrected chi connectivity index (χ2v) is 5.90. The van der Waals surface area contributed by atoms with Gasteiger partial charge < -0.3 is 19.7 Å². The van der Waals surface area contributed by atoms with Gasteiger partial charge in [0.1, 0.15) is 0 Å². The summed E-state index contributed by atoms with van der Waals surface area (Å²) in [6, 6.07) is 0. The monoisotopic (exact) mass is 290 g/mol. The van der Waals surface area contributed by atoms with Gasteiger partial charge in [-0.1, -0.05) is 0 Å². The topological polar surface area (TPSA) is 93.1 Å². The molecule has 0 bridgehead atoms. The molecule has 0 fully saturated rings. The Kier molecular flexibility index (Phi) is 7.16. The molecule has 0 aromatic heterocycles. The van der Waals surface area contributed by atoms with E-state index in [4.69, 9.17) is 4.74 Å². The molecule has 20 heavy (non-hydrogen) atoms. The van der Waals surface area contributed by atoms with E-state index in [1.54, 1.807) is 27.7 Å². The molecule has 0 aliphatic rings. The van der Waals surface area contributed by atoms with Crippen LogP contribution in [-0.2, 0) is 19.1 Å². The lowest BCUT2D eigenvalue weighted by atomic mass is 9.90. The fourth-order valence-electron chi connectivity index (χ4n) is 1.71. The lowest BCUT2D eigenvalue weighted by Crippen LogP contribution is -2.43. The minimum Gasteiger partial charge on any atom is -0.469 e. The molecule has 0 spiro atoms. The molecule has 6 heteroatoms. The van der Waals surface area contributed by atoms with E-state index >= 15 is 0 Å². The van der Waals surface area contributed by atoms with Crippen molar-refractivity contribution in [3.05, 3.63) is 0 Å². The molecule has 0 aromatic carbocycles. The van der Waals surface area contributed by atoms with E-state index in [-0.39, 0.29) is 12.5 Å². The Morgan fingerprint density at radius 2 is 1.70 bits per heavy atom. The number of hydrogen-bond acceptors (Lipinski definition) is 6. The van der Waals surface area contributed by atoms with Gasteiger partial charge in [-0.2, -0.15) is 0 Å². The maximum Gasteiger partial charge on any atom is 0.338 e. The van der Waals surface area contributed by atoms with Gasteiger partial charge in [-0.15, -0.1) is 0 Å². The fourth-order valence-corrected chi connectivity index (χ4v) is 1.71. The Morgan fingerprint density at radius 3 is 2.10 bits per heavy atom. The second kappa shape index (κ2) is 7.59. The summed E-state index contributed by atoms with van der Waals surface area (Å²) in [6.45, 7) is 6.60. The molecule has 0 aliphatic carbocycles. The van der Waals surface area contributed by atoms with Crippen molar-refractivity contribution >= 4 is 11.9 Å². The van der Waals surface area contributed by atoms with Gasteiger partial charge in [0, 0.05) is 0 Å². The molecule has 0 amide bonds. The van der Waals surface area contributed by atoms with Crippen LogP contribution in [0.25, 0.3) is 0 Å². The average molecular weight is 290 g/mol. The van der Waals surface area contributed by atoms with Crippen molar-refractivity contribution in [1.29, 1.82) is 0 Å². The Labute approximate surface area is 120 Å². The van der Waals surface area contributed by atoms with Crippen molar-refractivity contribution in [3.63, 3.8) is 0 Å². The number of rotatable bonds is 8. The van der Waals surface area contributed by atoms with Gasteiger partial charge in [0.25, 0.3) is 0 Å². The summed E-state index contributed by atoms with van der Waals surface area (Å²) in [5.74, 6) is -1.52. The van der Waals surface area contributed by atoms with Crippen molar-refractivity contribution in [3.8, 4) is 0 Å². The van der Waals surface area contributed by atoms with Gasteiger partial charge in [0.05, 0.1) is 25.2 Å². The van der Waals surface area contributed by atoms with Gasteiger partial charge >= 0.3 is 11.9 Å². The number of hydrogen-bond donors (Lipinski definition) is 2. The van der Waals surface area contributed by atoms with Crippen LogP contribution in [-0.4, -0.2) is 46.6 Å². The first kappa shape index (κ1) is 18.9. The number of esters is 2. The SMILES string of the molecule is COC(=O)CC(O)(CCCC(C)(C)O)C(=O)OC(C)C. The molecule has 0 radical (unpaired) electrons. The number of aliphatic hydroxyl groups is 2. The van der Waals surface area contributed by atoms with Gasteiger partial charge in [0.15, 0.2) is 5.60 Å². The van der Waals surface area contributed by atoms with Crippen molar-refractivity contribution in [2.45, 2.75) is 70.7 Å². The number of methoxy groups -OCH3 is 1. The largest absolute Gasteiger partial charge is 0.469 e. The van der Waals surface area contributed by atoms with Crippen molar-refractivity contribution in [1.82, 2.24) is 0 Å². The summed E-state index contributed by atoms with van der Waals surface area (Å²) in [4.78, 5) is 23.3. The summed E-state index contributed by atoms with van der Waals surface area (Å²) in [5.41, 5.74) is -2.81. The average Bonchev–Trinajstić information content (AvgIpc) is 2.25. The zero-order valence-corrected chi connectivity index (χ0v) is 12.9. The second-order valence-electron chi connectivity index (χ2n) is 5.90. The summed E-state index contributed by atoms with van der Waals surface area (Å²) in [5, 5.41) is 20.0. The molecule has 0 saturated heterocycles. The maximum absolute atomic E-state index is 11.9. The van der Waals surface area contributed by atoms with Crippen LogP contribution in [0.5, 0.6) is 0 Å². The van der Waals surface area contributed by atoms with Gasteiger partial charge in [0.2, 0.25) is 0 Å². The first-order chi connectivity index (χ1) is 9.00. The lowest BCUT2D eigenvalue weighted by molar-refractivity contribution is -0.176. The Bertz CT molecular complexity index is 331. The molecule has 0 heterocycles. The molecule has 6 nitrogen and oxygen atoms in total. The smallest absolute Gasteiger partial charge is 0.338 e. The van der Waals surface area contributed by atoms with Gasteiger partial charge in [-0.25, -0.2) is 4.79 Å². The minimum absolute atomic E-state index is 0.0254. The highest BCUT2D eigenvalue weighted by Gasteiger charge is 2.40. The molecule has 0 saturated carbocycles. The molecule has 0 rings (SSSR count). The number of ether oxygens (including phenoxy) is 2. The van der Waals surface area contributed by atoms with E-state index < -0.39 is 29.6 Å². The molecule has 118 valence electrons. The third kappa shape index (κ3) is 7.45. The lowest BCUT2D eigenvalue weighted by Gasteiger charge is -2.27. The molecule has 0 aromatic rings. The molecular formula is C14H26O6. The predicted octanol–water partition coefficient (Wildman–Crippen LogP) is 1.17. The van der Waals surface area contributed by atoms with Gasteiger partial charge in [-0.3, -0.25) is 4.79 Å². The number of carbonyl (C=O) groups excluding carboxylic acids is 2. The van der Waals surface area contributed by atoms with Crippen LogP contribution < -0.4 is 0 Å². The van der Waals surface area contributed by atoms with Crippen LogP contribution in [0.1, 0.15) is 53.4 Å². The van der Waals surface area contributed by atoms with Crippen LogP contribution >= 0.6 is 0 Å². The standard InChI is InChI=1S/C14H26O6/c1-10(2)20-12(16)14(18,9-11(15)19-5)8-6-7-13(3,4)17/h10,17-18H,6-9H2,1-5H3. The van der Waals surface area contributed by atoms with Crippen LogP contribution in [0.3, 0.4) is 0 Å². The zero-order chi connectivity index (χ0) is 16.0. The zero-order valence-electron chi connectivity index (χ0n) is 12.9. The molecule has 0 aliphatic heterocycles. The third-order valence-corrected chi connectivity index (χ3v) is 2.77. The predicted molar refractivity (Wildman–Crippen MR) is 73.0 cm³/mol. The minimum atomic E-state index is -1.91. The molecule has 2 N–H and O–H groups in total. The highest BCUT2D eigenvalue weighted by molar-refractivity contribution is 5.85. The van der Waals surface area contributed by atoms with Crippen LogP contribution in [0.15, 0.2) is 0 Å². The quantitative estimate of drug-likeness (QED) is 0.652. The summed E-state index contributed by atoms with van der Waals surface area (Å²) in [6.07, 6.45) is -0.0466. The van der Waals surface area contributed by atoms with E-state index in [9.17, 15) is 19.8 Å². The molecule has 1 atom stereocenters. The maximum atomic E-state index is 11.9. The Hall–Kier alpha value is -1.14. The first-order valence-corrected chi connectivity index (χ1v) is 6.73. The fraction of sp³-hybridized carbons (Fsp3) is 0.857. The summed E-state index contributed by atoms with van der Waals surface area (Å²) in [7, 11) is 1.19. The van der Waals surface area contributed by atoms with E-state index in [0.717, 1.165) is 0 Å². The number of carbonyl (C=O) groups is 2. The van der Waals surface area contributed by atoms with Crippen molar-refractivity contribution in [2.24, 2.45) is 0 Å². The van der Waals surface area contributed by atoms with Crippen LogP contribution in [0.4, 0.5) is 0 Å². The highest BCUT2D eigenvalue weighted by atomic mass is 16.6.